The summed E-state index contributed by atoms with van der Waals surface area (Å²) in [5.74, 6) is 0. The van der Waals surface area contributed by atoms with Gasteiger partial charge in [0.2, 0.25) is 0 Å². The van der Waals surface area contributed by atoms with Crippen LogP contribution >= 0.6 is 0 Å². The number of hydrogen-bond donors (Lipinski definition) is 1. The van der Waals surface area contributed by atoms with E-state index in [2.05, 4.69) is 35.8 Å². The lowest BCUT2D eigenvalue weighted by Gasteiger charge is -2.26. The van der Waals surface area contributed by atoms with Crippen LogP contribution in [0.4, 0.5) is 5.69 Å². The minimum absolute atomic E-state index is 0.380. The maximum Gasteiger partial charge on any atom is 0.0761 e. The second-order valence-corrected chi connectivity index (χ2v) is 5.74. The first-order chi connectivity index (χ1) is 9.08. The van der Waals surface area contributed by atoms with Crippen molar-refractivity contribution >= 4 is 5.69 Å². The lowest BCUT2D eigenvalue weighted by atomic mass is 10.1. The van der Waals surface area contributed by atoms with Gasteiger partial charge in [-0.3, -0.25) is 4.90 Å². The summed E-state index contributed by atoms with van der Waals surface area (Å²) in [6.45, 7) is 10.9. The van der Waals surface area contributed by atoms with Crippen LogP contribution in [0.3, 0.4) is 0 Å². The van der Waals surface area contributed by atoms with E-state index >= 15 is 0 Å². The summed E-state index contributed by atoms with van der Waals surface area (Å²) in [5, 5.41) is 9.55. The van der Waals surface area contributed by atoms with Crippen LogP contribution in [0, 0.1) is 0 Å². The Morgan fingerprint density at radius 2 is 1.63 bits per heavy atom. The molecule has 106 valence electrons. The lowest BCUT2D eigenvalue weighted by molar-refractivity contribution is 0.199. The summed E-state index contributed by atoms with van der Waals surface area (Å²) >= 11 is 0. The summed E-state index contributed by atoms with van der Waals surface area (Å²) in [6, 6.07) is 8.97. The molecule has 3 heteroatoms. The van der Waals surface area contributed by atoms with Crippen LogP contribution in [-0.4, -0.2) is 42.2 Å². The van der Waals surface area contributed by atoms with Gasteiger partial charge in [-0.15, -0.1) is 0 Å². The standard InChI is InChI=1S/C16H26N2O/c1-13(2)17-9-4-10-18(12-11-17)16-7-5-15(6-8-16)14(3)19/h5-8,13-14,19H,4,9-12H2,1-3H3. The number of anilines is 1. The molecule has 0 amide bonds. The molecule has 1 fully saturated rings. The zero-order valence-electron chi connectivity index (χ0n) is 12.3. The van der Waals surface area contributed by atoms with Gasteiger partial charge in [0.15, 0.2) is 0 Å². The van der Waals surface area contributed by atoms with Crippen molar-refractivity contribution in [2.45, 2.75) is 39.3 Å². The Kier molecular flexibility index (Phi) is 4.83. The first-order valence-electron chi connectivity index (χ1n) is 7.35. The molecule has 1 saturated heterocycles. The van der Waals surface area contributed by atoms with Crippen molar-refractivity contribution in [2.24, 2.45) is 0 Å². The third kappa shape index (κ3) is 3.71. The predicted octanol–water partition coefficient (Wildman–Crippen LogP) is 2.66. The fourth-order valence-electron chi connectivity index (χ4n) is 2.68. The van der Waals surface area contributed by atoms with Gasteiger partial charge < -0.3 is 10.0 Å². The van der Waals surface area contributed by atoms with Gasteiger partial charge in [0.1, 0.15) is 0 Å². The Hall–Kier alpha value is -1.06. The van der Waals surface area contributed by atoms with Crippen LogP contribution in [0.1, 0.15) is 38.9 Å². The molecular weight excluding hydrogens is 236 g/mol. The molecule has 1 aromatic carbocycles. The van der Waals surface area contributed by atoms with Crippen LogP contribution in [0.15, 0.2) is 24.3 Å². The van der Waals surface area contributed by atoms with Crippen molar-refractivity contribution in [3.63, 3.8) is 0 Å². The largest absolute Gasteiger partial charge is 0.389 e. The SMILES string of the molecule is CC(O)c1ccc(N2CCCN(C(C)C)CC2)cc1. The molecule has 1 atom stereocenters. The Morgan fingerprint density at radius 3 is 2.21 bits per heavy atom. The number of aliphatic hydroxyl groups is 1. The third-order valence-corrected chi connectivity index (χ3v) is 4.00. The molecule has 1 aromatic rings. The van der Waals surface area contributed by atoms with E-state index in [1.807, 2.05) is 12.1 Å². The molecule has 1 N–H and O–H groups in total. The Bertz CT molecular complexity index is 386. The third-order valence-electron chi connectivity index (χ3n) is 4.00. The quantitative estimate of drug-likeness (QED) is 0.907. The first-order valence-corrected chi connectivity index (χ1v) is 7.35. The Labute approximate surface area is 116 Å². The first kappa shape index (κ1) is 14.4. The topological polar surface area (TPSA) is 26.7 Å². The molecule has 0 aromatic heterocycles. The predicted molar refractivity (Wildman–Crippen MR) is 80.6 cm³/mol. The van der Waals surface area contributed by atoms with Crippen molar-refractivity contribution in [1.29, 1.82) is 0 Å². The molecule has 0 aliphatic carbocycles. The zero-order chi connectivity index (χ0) is 13.8. The highest BCUT2D eigenvalue weighted by molar-refractivity contribution is 5.48. The summed E-state index contributed by atoms with van der Waals surface area (Å²) in [5.41, 5.74) is 2.26. The minimum Gasteiger partial charge on any atom is -0.389 e. The molecule has 1 aliphatic rings. The second-order valence-electron chi connectivity index (χ2n) is 5.74. The highest BCUT2D eigenvalue weighted by Gasteiger charge is 2.17. The maximum absolute atomic E-state index is 9.55. The van der Waals surface area contributed by atoms with Gasteiger partial charge in [-0.05, 0) is 44.9 Å². The molecule has 2 rings (SSSR count). The number of hydrogen-bond acceptors (Lipinski definition) is 3. The maximum atomic E-state index is 9.55. The Balaban J connectivity index is 2.01. The number of nitrogens with zero attached hydrogens (tertiary/aromatic N) is 2. The van der Waals surface area contributed by atoms with Gasteiger partial charge in [-0.1, -0.05) is 12.1 Å². The van der Waals surface area contributed by atoms with Crippen molar-refractivity contribution < 1.29 is 5.11 Å². The second kappa shape index (κ2) is 6.40. The van der Waals surface area contributed by atoms with Crippen LogP contribution in [-0.2, 0) is 0 Å². The van der Waals surface area contributed by atoms with E-state index in [1.165, 1.54) is 18.7 Å². The van der Waals surface area contributed by atoms with E-state index in [0.717, 1.165) is 25.2 Å². The monoisotopic (exact) mass is 262 g/mol. The van der Waals surface area contributed by atoms with Gasteiger partial charge >= 0.3 is 0 Å². The van der Waals surface area contributed by atoms with Gasteiger partial charge in [-0.2, -0.15) is 0 Å². The molecule has 1 aliphatic heterocycles. The number of rotatable bonds is 3. The summed E-state index contributed by atoms with van der Waals surface area (Å²) in [6.07, 6.45) is 0.839. The molecule has 0 radical (unpaired) electrons. The average Bonchev–Trinajstić information content (AvgIpc) is 2.64. The van der Waals surface area contributed by atoms with Crippen molar-refractivity contribution in [2.75, 3.05) is 31.1 Å². The molecule has 0 spiro atoms. The van der Waals surface area contributed by atoms with Crippen LogP contribution < -0.4 is 4.90 Å². The van der Waals surface area contributed by atoms with Gasteiger partial charge in [0, 0.05) is 37.9 Å². The van der Waals surface area contributed by atoms with Crippen molar-refractivity contribution in [3.8, 4) is 0 Å². The van der Waals surface area contributed by atoms with E-state index in [0.29, 0.717) is 6.04 Å². The van der Waals surface area contributed by atoms with E-state index in [9.17, 15) is 5.11 Å². The van der Waals surface area contributed by atoms with Crippen LogP contribution in [0.5, 0.6) is 0 Å². The molecule has 1 unspecified atom stereocenters. The van der Waals surface area contributed by atoms with E-state index < -0.39 is 0 Å². The molecule has 0 saturated carbocycles. The fourth-order valence-corrected chi connectivity index (χ4v) is 2.68. The number of benzene rings is 1. The molecule has 3 nitrogen and oxygen atoms in total. The average molecular weight is 262 g/mol. The summed E-state index contributed by atoms with van der Waals surface area (Å²) in [4.78, 5) is 5.00. The lowest BCUT2D eigenvalue weighted by Crippen LogP contribution is -2.35. The van der Waals surface area contributed by atoms with Gasteiger partial charge in [0.25, 0.3) is 0 Å². The molecular formula is C16H26N2O. The van der Waals surface area contributed by atoms with E-state index in [1.54, 1.807) is 6.92 Å². The fraction of sp³-hybridized carbons (Fsp3) is 0.625. The normalized spacial score (nSPS) is 19.5. The van der Waals surface area contributed by atoms with Gasteiger partial charge in [-0.25, -0.2) is 0 Å². The van der Waals surface area contributed by atoms with Crippen LogP contribution in [0.2, 0.25) is 0 Å². The molecule has 19 heavy (non-hydrogen) atoms. The Morgan fingerprint density at radius 1 is 0.947 bits per heavy atom. The van der Waals surface area contributed by atoms with Gasteiger partial charge in [0.05, 0.1) is 6.10 Å². The van der Waals surface area contributed by atoms with Crippen molar-refractivity contribution in [3.05, 3.63) is 29.8 Å². The highest BCUT2D eigenvalue weighted by Crippen LogP contribution is 2.20. The smallest absolute Gasteiger partial charge is 0.0761 e. The number of aliphatic hydroxyl groups excluding tert-OH is 1. The van der Waals surface area contributed by atoms with Crippen molar-refractivity contribution in [1.82, 2.24) is 4.90 Å². The molecule has 1 heterocycles. The zero-order valence-corrected chi connectivity index (χ0v) is 12.3. The minimum atomic E-state index is -0.380. The highest BCUT2D eigenvalue weighted by atomic mass is 16.3. The summed E-state index contributed by atoms with van der Waals surface area (Å²) in [7, 11) is 0. The van der Waals surface area contributed by atoms with Crippen LogP contribution in [0.25, 0.3) is 0 Å². The van der Waals surface area contributed by atoms with E-state index in [-0.39, 0.29) is 6.10 Å². The summed E-state index contributed by atoms with van der Waals surface area (Å²) < 4.78 is 0. The van der Waals surface area contributed by atoms with E-state index in [4.69, 9.17) is 0 Å². The molecule has 0 bridgehead atoms.